The zero-order valence-electron chi connectivity index (χ0n) is 9.30. The molecule has 2 heterocycles. The fraction of sp³-hybridized carbons (Fsp3) is 0.900. The molecular formula is C10H19N3O3. The highest BCUT2D eigenvalue weighted by molar-refractivity contribution is 5.82. The Morgan fingerprint density at radius 1 is 1.31 bits per heavy atom. The Labute approximate surface area is 94.8 Å². The second kappa shape index (κ2) is 5.09. The van der Waals surface area contributed by atoms with Crippen LogP contribution in [0.25, 0.3) is 0 Å². The summed E-state index contributed by atoms with van der Waals surface area (Å²) < 4.78 is 0. The number of piperazine rings is 2. The first-order valence-corrected chi connectivity index (χ1v) is 5.73. The van der Waals surface area contributed by atoms with Crippen molar-refractivity contribution in [3.63, 3.8) is 0 Å². The van der Waals surface area contributed by atoms with Gasteiger partial charge in [-0.2, -0.15) is 0 Å². The van der Waals surface area contributed by atoms with Gasteiger partial charge in [0, 0.05) is 32.7 Å². The Kier molecular flexibility index (Phi) is 3.75. The van der Waals surface area contributed by atoms with Crippen LogP contribution in [0, 0.1) is 0 Å². The molecule has 2 aliphatic rings. The summed E-state index contributed by atoms with van der Waals surface area (Å²) in [5, 5.41) is 21.1. The van der Waals surface area contributed by atoms with Crippen molar-refractivity contribution >= 4 is 5.91 Å². The van der Waals surface area contributed by atoms with Crippen LogP contribution in [0.1, 0.15) is 0 Å². The van der Waals surface area contributed by atoms with E-state index in [1.807, 2.05) is 4.90 Å². The van der Waals surface area contributed by atoms with Crippen molar-refractivity contribution in [2.75, 3.05) is 45.9 Å². The van der Waals surface area contributed by atoms with Gasteiger partial charge < -0.3 is 15.5 Å². The maximum atomic E-state index is 11.7. The number of nitrogens with zero attached hydrogens (tertiary/aromatic N) is 2. The van der Waals surface area contributed by atoms with E-state index in [2.05, 4.69) is 10.2 Å². The first-order chi connectivity index (χ1) is 7.76. The van der Waals surface area contributed by atoms with Crippen LogP contribution in [0.15, 0.2) is 0 Å². The third-order valence-electron chi connectivity index (χ3n) is 3.46. The third kappa shape index (κ3) is 2.20. The zero-order valence-corrected chi connectivity index (χ0v) is 9.30. The van der Waals surface area contributed by atoms with Gasteiger partial charge in [-0.3, -0.25) is 14.6 Å². The molecular weight excluding hydrogens is 210 g/mol. The van der Waals surface area contributed by atoms with E-state index in [9.17, 15) is 4.79 Å². The van der Waals surface area contributed by atoms with Crippen LogP contribution in [0.2, 0.25) is 0 Å². The molecule has 16 heavy (non-hydrogen) atoms. The summed E-state index contributed by atoms with van der Waals surface area (Å²) in [7, 11) is 0. The number of aliphatic hydroxyl groups excluding tert-OH is 2. The molecule has 2 saturated heterocycles. The molecule has 2 fully saturated rings. The van der Waals surface area contributed by atoms with E-state index in [0.717, 1.165) is 26.2 Å². The minimum atomic E-state index is -0.239. The Hall–Kier alpha value is -0.690. The number of rotatable bonds is 3. The maximum absolute atomic E-state index is 11.7. The molecule has 0 bridgehead atoms. The number of carbonyl (C=O) groups excluding carboxylic acids is 1. The second-order valence-electron chi connectivity index (χ2n) is 4.36. The summed E-state index contributed by atoms with van der Waals surface area (Å²) in [5.41, 5.74) is 0. The molecule has 0 aromatic rings. The lowest BCUT2D eigenvalue weighted by atomic mass is 10.1. The number of carbonyl (C=O) groups is 1. The molecule has 2 rings (SSSR count). The van der Waals surface area contributed by atoms with Crippen LogP contribution in [-0.2, 0) is 4.79 Å². The van der Waals surface area contributed by atoms with E-state index in [0.29, 0.717) is 6.54 Å². The molecule has 1 amide bonds. The van der Waals surface area contributed by atoms with Gasteiger partial charge in [0.05, 0.1) is 19.3 Å². The minimum absolute atomic E-state index is 0.0607. The van der Waals surface area contributed by atoms with Crippen molar-refractivity contribution in [2.24, 2.45) is 0 Å². The van der Waals surface area contributed by atoms with Crippen LogP contribution < -0.4 is 5.32 Å². The lowest BCUT2D eigenvalue weighted by Gasteiger charge is -2.44. The Morgan fingerprint density at radius 3 is 2.75 bits per heavy atom. The number of hydrogen-bond acceptors (Lipinski definition) is 5. The molecule has 0 aliphatic carbocycles. The molecule has 3 N–H and O–H groups in total. The predicted molar refractivity (Wildman–Crippen MR) is 57.9 cm³/mol. The molecule has 0 spiro atoms. The number of amides is 1. The topological polar surface area (TPSA) is 76.0 Å². The van der Waals surface area contributed by atoms with Gasteiger partial charge in [-0.05, 0) is 0 Å². The molecule has 6 heteroatoms. The van der Waals surface area contributed by atoms with Gasteiger partial charge in [0.25, 0.3) is 0 Å². The summed E-state index contributed by atoms with van der Waals surface area (Å²) in [6.07, 6.45) is 0. The van der Waals surface area contributed by atoms with Crippen molar-refractivity contribution in [2.45, 2.75) is 12.1 Å². The Morgan fingerprint density at radius 2 is 2.06 bits per heavy atom. The van der Waals surface area contributed by atoms with Gasteiger partial charge in [-0.15, -0.1) is 0 Å². The number of aliphatic hydroxyl groups is 2. The fourth-order valence-electron chi connectivity index (χ4n) is 2.42. The molecule has 6 nitrogen and oxygen atoms in total. The number of nitrogens with one attached hydrogen (secondary N) is 1. The van der Waals surface area contributed by atoms with Crippen LogP contribution in [0.4, 0.5) is 0 Å². The van der Waals surface area contributed by atoms with Gasteiger partial charge in [-0.1, -0.05) is 0 Å². The lowest BCUT2D eigenvalue weighted by Crippen LogP contribution is -2.65. The average molecular weight is 229 g/mol. The largest absolute Gasteiger partial charge is 0.395 e. The fourth-order valence-corrected chi connectivity index (χ4v) is 2.42. The summed E-state index contributed by atoms with van der Waals surface area (Å²) in [5.74, 6) is 0.0607. The molecule has 2 aliphatic heterocycles. The summed E-state index contributed by atoms with van der Waals surface area (Å²) in [6, 6.07) is -0.361. The van der Waals surface area contributed by atoms with Crippen LogP contribution in [-0.4, -0.2) is 83.9 Å². The van der Waals surface area contributed by atoms with Crippen molar-refractivity contribution in [1.29, 1.82) is 0 Å². The molecule has 0 aromatic carbocycles. The highest BCUT2D eigenvalue weighted by atomic mass is 16.3. The Balaban J connectivity index is 1.99. The van der Waals surface area contributed by atoms with Crippen LogP contribution in [0.5, 0.6) is 0 Å². The minimum Gasteiger partial charge on any atom is -0.395 e. The summed E-state index contributed by atoms with van der Waals surface area (Å²) in [4.78, 5) is 15.8. The summed E-state index contributed by atoms with van der Waals surface area (Å²) >= 11 is 0. The Bertz CT molecular complexity index is 258. The van der Waals surface area contributed by atoms with Gasteiger partial charge >= 0.3 is 0 Å². The standard InChI is InChI=1S/C10H19N3O3/c14-6-8(7-15)13-4-3-12-2-1-11-10(16)9(12)5-13/h8-9,14-15H,1-7H2,(H,11,16)/t9-/m1/s1. The van der Waals surface area contributed by atoms with Crippen molar-refractivity contribution in [1.82, 2.24) is 15.1 Å². The van der Waals surface area contributed by atoms with Gasteiger partial charge in [0.1, 0.15) is 6.04 Å². The van der Waals surface area contributed by atoms with Crippen molar-refractivity contribution < 1.29 is 15.0 Å². The third-order valence-corrected chi connectivity index (χ3v) is 3.46. The monoisotopic (exact) mass is 229 g/mol. The van der Waals surface area contributed by atoms with Crippen molar-refractivity contribution in [3.05, 3.63) is 0 Å². The summed E-state index contributed by atoms with van der Waals surface area (Å²) in [6.45, 7) is 3.71. The van der Waals surface area contributed by atoms with E-state index in [1.54, 1.807) is 0 Å². The van der Waals surface area contributed by atoms with Gasteiger partial charge in [0.15, 0.2) is 0 Å². The first kappa shape index (κ1) is 11.8. The van der Waals surface area contributed by atoms with E-state index < -0.39 is 0 Å². The normalized spacial score (nSPS) is 27.9. The SMILES string of the molecule is O=C1NCCN2CCN(C(CO)CO)C[C@H]12. The maximum Gasteiger partial charge on any atom is 0.238 e. The molecule has 92 valence electrons. The predicted octanol–water partition coefficient (Wildman–Crippen LogP) is -2.54. The van der Waals surface area contributed by atoms with Crippen molar-refractivity contribution in [3.8, 4) is 0 Å². The highest BCUT2D eigenvalue weighted by Gasteiger charge is 2.36. The number of fused-ring (bicyclic) bond motifs is 1. The van der Waals surface area contributed by atoms with Gasteiger partial charge in [0.2, 0.25) is 5.91 Å². The van der Waals surface area contributed by atoms with E-state index in [4.69, 9.17) is 10.2 Å². The average Bonchev–Trinajstić information content (AvgIpc) is 2.32. The van der Waals surface area contributed by atoms with Crippen LogP contribution in [0.3, 0.4) is 0 Å². The molecule has 0 radical (unpaired) electrons. The lowest BCUT2D eigenvalue weighted by molar-refractivity contribution is -0.133. The smallest absolute Gasteiger partial charge is 0.238 e. The van der Waals surface area contributed by atoms with Crippen LogP contribution >= 0.6 is 0 Å². The molecule has 1 atom stereocenters. The number of hydrogen-bond donors (Lipinski definition) is 3. The second-order valence-corrected chi connectivity index (χ2v) is 4.36. The van der Waals surface area contributed by atoms with E-state index in [-0.39, 0.29) is 31.2 Å². The molecule has 0 saturated carbocycles. The first-order valence-electron chi connectivity index (χ1n) is 5.73. The zero-order chi connectivity index (χ0) is 11.5. The molecule has 0 aromatic heterocycles. The highest BCUT2D eigenvalue weighted by Crippen LogP contribution is 2.14. The van der Waals surface area contributed by atoms with Gasteiger partial charge in [-0.25, -0.2) is 0 Å². The van der Waals surface area contributed by atoms with E-state index >= 15 is 0 Å². The quantitative estimate of drug-likeness (QED) is 0.497. The molecule has 0 unspecified atom stereocenters. The van der Waals surface area contributed by atoms with E-state index in [1.165, 1.54) is 0 Å².